The predicted octanol–water partition coefficient (Wildman–Crippen LogP) is 4.89. The Labute approximate surface area is 181 Å². The van der Waals surface area contributed by atoms with Crippen molar-refractivity contribution in [1.29, 1.82) is 0 Å². The number of hydrogen-bond acceptors (Lipinski definition) is 3. The number of aryl methyl sites for hydroxylation is 2. The summed E-state index contributed by atoms with van der Waals surface area (Å²) >= 11 is 0. The van der Waals surface area contributed by atoms with Gasteiger partial charge in [0.1, 0.15) is 0 Å². The first kappa shape index (κ1) is 25.3. The third-order valence-corrected chi connectivity index (χ3v) is 5.26. The summed E-state index contributed by atoms with van der Waals surface area (Å²) in [6.07, 6.45) is 3.09. The molecule has 0 aliphatic carbocycles. The van der Waals surface area contributed by atoms with Crippen LogP contribution < -0.4 is 0 Å². The van der Waals surface area contributed by atoms with Gasteiger partial charge in [-0.1, -0.05) is 51.5 Å². The molecule has 0 saturated heterocycles. The molecular weight excluding hydrogens is 376 g/mol. The van der Waals surface area contributed by atoms with Crippen LogP contribution in [0.4, 0.5) is 0 Å². The second kappa shape index (κ2) is 11.5. The molecule has 2 aromatic rings. The molecular formula is C25H36N2O3. The third-order valence-electron chi connectivity index (χ3n) is 5.26. The van der Waals surface area contributed by atoms with Crippen LogP contribution in [0.3, 0.4) is 0 Å². The molecule has 0 aliphatic heterocycles. The van der Waals surface area contributed by atoms with Crippen molar-refractivity contribution < 1.29 is 14.7 Å². The van der Waals surface area contributed by atoms with E-state index in [2.05, 4.69) is 58.7 Å². The highest BCUT2D eigenvalue weighted by atomic mass is 16.3. The first-order chi connectivity index (χ1) is 14.0. The number of rotatable bonds is 7. The van der Waals surface area contributed by atoms with E-state index in [9.17, 15) is 4.79 Å². The van der Waals surface area contributed by atoms with Gasteiger partial charge in [0.2, 0.25) is 5.91 Å². The monoisotopic (exact) mass is 412 g/mol. The van der Waals surface area contributed by atoms with Crippen LogP contribution in [-0.2, 0) is 21.4 Å². The fourth-order valence-electron chi connectivity index (χ4n) is 3.93. The van der Waals surface area contributed by atoms with Crippen molar-refractivity contribution in [3.8, 4) is 0 Å². The zero-order chi connectivity index (χ0) is 22.9. The quantitative estimate of drug-likeness (QED) is 0.657. The number of carbonyl (C=O) groups excluding carboxylic acids is 1. The van der Waals surface area contributed by atoms with Crippen LogP contribution in [0.15, 0.2) is 36.5 Å². The fourth-order valence-corrected chi connectivity index (χ4v) is 3.93. The molecule has 1 heterocycles. The summed E-state index contributed by atoms with van der Waals surface area (Å²) in [5.74, 6) is 0.625. The maximum atomic E-state index is 12.9. The Bertz CT molecular complexity index is 830. The van der Waals surface area contributed by atoms with Gasteiger partial charge < -0.3 is 10.0 Å². The minimum absolute atomic E-state index is 0.186. The average molecular weight is 413 g/mol. The van der Waals surface area contributed by atoms with E-state index in [-0.39, 0.29) is 17.8 Å². The first-order valence-electron chi connectivity index (χ1n) is 10.4. The molecule has 164 valence electrons. The van der Waals surface area contributed by atoms with Crippen LogP contribution in [0.5, 0.6) is 0 Å². The summed E-state index contributed by atoms with van der Waals surface area (Å²) in [4.78, 5) is 27.5. The number of nitrogens with zero attached hydrogens (tertiary/aromatic N) is 2. The Morgan fingerprint density at radius 2 is 1.87 bits per heavy atom. The third kappa shape index (κ3) is 7.29. The zero-order valence-electron chi connectivity index (χ0n) is 19.4. The Hall–Kier alpha value is -2.69. The van der Waals surface area contributed by atoms with Crippen LogP contribution in [-0.4, -0.2) is 41.0 Å². The minimum atomic E-state index is -0.250. The second-order valence-corrected chi connectivity index (χ2v) is 8.75. The standard InChI is InChI=1S/C24H34N2O.CH2O2/c1-17(2)21-15-18(3)14-19(4)23(21)24(5,6)16-22(27)26(7)13-11-20-10-8-9-12-25-20;2-1-3/h8-10,12,14-15,17H,11,13,16H2,1-7H3;1H,(H,2,3). The summed E-state index contributed by atoms with van der Waals surface area (Å²) in [6, 6.07) is 10.4. The molecule has 1 aromatic carbocycles. The molecule has 0 atom stereocenters. The number of benzene rings is 1. The average Bonchev–Trinajstić information content (AvgIpc) is 2.66. The van der Waals surface area contributed by atoms with E-state index in [4.69, 9.17) is 9.90 Å². The van der Waals surface area contributed by atoms with Gasteiger partial charge in [0.15, 0.2) is 0 Å². The lowest BCUT2D eigenvalue weighted by atomic mass is 9.74. The number of amides is 1. The molecule has 0 fully saturated rings. The minimum Gasteiger partial charge on any atom is -0.483 e. The van der Waals surface area contributed by atoms with E-state index in [0.29, 0.717) is 18.9 Å². The molecule has 2 rings (SSSR count). The van der Waals surface area contributed by atoms with Crippen LogP contribution >= 0.6 is 0 Å². The van der Waals surface area contributed by atoms with Gasteiger partial charge in [0.05, 0.1) is 0 Å². The van der Waals surface area contributed by atoms with Gasteiger partial charge >= 0.3 is 0 Å². The summed E-state index contributed by atoms with van der Waals surface area (Å²) < 4.78 is 0. The van der Waals surface area contributed by atoms with Gasteiger partial charge in [-0.15, -0.1) is 0 Å². The molecule has 1 amide bonds. The lowest BCUT2D eigenvalue weighted by molar-refractivity contribution is -0.131. The summed E-state index contributed by atoms with van der Waals surface area (Å²) in [6.45, 7) is 13.6. The van der Waals surface area contributed by atoms with Crippen molar-refractivity contribution in [3.05, 3.63) is 64.5 Å². The number of pyridine rings is 1. The largest absolute Gasteiger partial charge is 0.483 e. The first-order valence-corrected chi connectivity index (χ1v) is 10.4. The number of aromatic nitrogens is 1. The van der Waals surface area contributed by atoms with E-state index in [1.807, 2.05) is 30.1 Å². The van der Waals surface area contributed by atoms with Gasteiger partial charge in [-0.05, 0) is 54.0 Å². The summed E-state index contributed by atoms with van der Waals surface area (Å²) in [5.41, 5.74) is 6.08. The SMILES string of the molecule is Cc1cc(C)c(C(C)(C)CC(=O)N(C)CCc2ccccn2)c(C(C)C)c1.O=CO. The zero-order valence-corrected chi connectivity index (χ0v) is 19.4. The second-order valence-electron chi connectivity index (χ2n) is 8.75. The number of carbonyl (C=O) groups is 2. The van der Waals surface area contributed by atoms with Crippen molar-refractivity contribution >= 4 is 12.4 Å². The molecule has 0 bridgehead atoms. The Morgan fingerprint density at radius 1 is 1.23 bits per heavy atom. The molecule has 5 heteroatoms. The lowest BCUT2D eigenvalue weighted by Gasteiger charge is -2.32. The van der Waals surface area contributed by atoms with Gasteiger partial charge in [0.25, 0.3) is 6.47 Å². The molecule has 5 nitrogen and oxygen atoms in total. The van der Waals surface area contributed by atoms with E-state index in [1.165, 1.54) is 22.3 Å². The summed E-state index contributed by atoms with van der Waals surface area (Å²) in [5, 5.41) is 6.89. The Kier molecular flexibility index (Phi) is 9.70. The number of hydrogen-bond donors (Lipinski definition) is 1. The Balaban J connectivity index is 0.00000141. The number of carboxylic acid groups (broad SMARTS) is 1. The Morgan fingerprint density at radius 3 is 2.40 bits per heavy atom. The molecule has 0 spiro atoms. The smallest absolute Gasteiger partial charge is 0.290 e. The molecule has 0 radical (unpaired) electrons. The van der Waals surface area contributed by atoms with Crippen molar-refractivity contribution in [2.75, 3.05) is 13.6 Å². The van der Waals surface area contributed by atoms with Gasteiger partial charge in [0, 0.05) is 38.3 Å². The highest BCUT2D eigenvalue weighted by Gasteiger charge is 2.30. The van der Waals surface area contributed by atoms with Crippen molar-refractivity contribution in [2.24, 2.45) is 0 Å². The van der Waals surface area contributed by atoms with Gasteiger partial charge in [-0.25, -0.2) is 0 Å². The van der Waals surface area contributed by atoms with Crippen LogP contribution in [0.25, 0.3) is 0 Å². The van der Waals surface area contributed by atoms with Crippen molar-refractivity contribution in [1.82, 2.24) is 9.88 Å². The number of likely N-dealkylation sites (N-methyl/N-ethyl adjacent to an activating group) is 1. The lowest BCUT2D eigenvalue weighted by Crippen LogP contribution is -2.35. The molecule has 1 N–H and O–H groups in total. The van der Waals surface area contributed by atoms with Crippen molar-refractivity contribution in [2.45, 2.75) is 65.7 Å². The van der Waals surface area contributed by atoms with E-state index >= 15 is 0 Å². The van der Waals surface area contributed by atoms with E-state index < -0.39 is 0 Å². The normalized spacial score (nSPS) is 10.9. The maximum Gasteiger partial charge on any atom is 0.290 e. The summed E-state index contributed by atoms with van der Waals surface area (Å²) in [7, 11) is 1.90. The molecule has 0 aliphatic rings. The molecule has 0 unspecified atom stereocenters. The van der Waals surface area contributed by atoms with E-state index in [1.54, 1.807) is 6.20 Å². The fraction of sp³-hybridized carbons (Fsp3) is 0.480. The molecule has 0 saturated carbocycles. The van der Waals surface area contributed by atoms with Gasteiger partial charge in [-0.3, -0.25) is 14.6 Å². The molecule has 1 aromatic heterocycles. The maximum absolute atomic E-state index is 12.9. The predicted molar refractivity (Wildman–Crippen MR) is 122 cm³/mol. The van der Waals surface area contributed by atoms with Crippen molar-refractivity contribution in [3.63, 3.8) is 0 Å². The highest BCUT2D eigenvalue weighted by molar-refractivity contribution is 5.77. The van der Waals surface area contributed by atoms with Gasteiger partial charge in [-0.2, -0.15) is 0 Å². The van der Waals surface area contributed by atoms with Crippen LogP contribution in [0.2, 0.25) is 0 Å². The van der Waals surface area contributed by atoms with Crippen LogP contribution in [0, 0.1) is 13.8 Å². The van der Waals surface area contributed by atoms with Crippen LogP contribution in [0.1, 0.15) is 68.0 Å². The topological polar surface area (TPSA) is 70.5 Å². The molecule has 30 heavy (non-hydrogen) atoms. The van der Waals surface area contributed by atoms with E-state index in [0.717, 1.165) is 12.1 Å². The highest BCUT2D eigenvalue weighted by Crippen LogP contribution is 2.37.